The van der Waals surface area contributed by atoms with Gasteiger partial charge in [-0.25, -0.2) is 4.98 Å². The molecule has 2 aromatic heterocycles. The standard InChI is InChI=1S/C10H15N7O/c1-16(2)5-6-18-10-14-8(11)13-9(15-10)17-4-3-12-7-17/h3-4,7H,5-6H2,1-2H3,(H2,11,13,14,15). The van der Waals surface area contributed by atoms with Crippen LogP contribution in [0.3, 0.4) is 0 Å². The zero-order valence-electron chi connectivity index (χ0n) is 10.3. The second-order valence-electron chi connectivity index (χ2n) is 3.90. The number of imidazole rings is 1. The van der Waals surface area contributed by atoms with Crippen molar-refractivity contribution in [2.45, 2.75) is 0 Å². The molecule has 0 bridgehead atoms. The fourth-order valence-electron chi connectivity index (χ4n) is 1.24. The van der Waals surface area contributed by atoms with Crippen LogP contribution in [0.5, 0.6) is 6.01 Å². The molecule has 2 rings (SSSR count). The van der Waals surface area contributed by atoms with Crippen LogP contribution < -0.4 is 10.5 Å². The number of likely N-dealkylation sites (N-methyl/N-ethyl adjacent to an activating group) is 1. The summed E-state index contributed by atoms with van der Waals surface area (Å²) in [7, 11) is 3.92. The number of hydrogen-bond donors (Lipinski definition) is 1. The molecule has 18 heavy (non-hydrogen) atoms. The number of hydrogen-bond acceptors (Lipinski definition) is 7. The van der Waals surface area contributed by atoms with Gasteiger partial charge in [0, 0.05) is 18.9 Å². The maximum absolute atomic E-state index is 5.61. The van der Waals surface area contributed by atoms with E-state index in [9.17, 15) is 0 Å². The lowest BCUT2D eigenvalue weighted by Gasteiger charge is -2.10. The number of aromatic nitrogens is 5. The van der Waals surface area contributed by atoms with Gasteiger partial charge in [0.05, 0.1) is 0 Å². The molecule has 96 valence electrons. The van der Waals surface area contributed by atoms with Crippen LogP contribution in [-0.2, 0) is 0 Å². The SMILES string of the molecule is CN(C)CCOc1nc(N)nc(-n2ccnc2)n1. The highest BCUT2D eigenvalue weighted by Crippen LogP contribution is 2.08. The van der Waals surface area contributed by atoms with E-state index in [2.05, 4.69) is 19.9 Å². The molecule has 0 saturated heterocycles. The Kier molecular flexibility index (Phi) is 3.68. The topological polar surface area (TPSA) is 95.0 Å². The van der Waals surface area contributed by atoms with Crippen LogP contribution >= 0.6 is 0 Å². The summed E-state index contributed by atoms with van der Waals surface area (Å²) in [5, 5.41) is 0. The highest BCUT2D eigenvalue weighted by atomic mass is 16.5. The average molecular weight is 249 g/mol. The smallest absolute Gasteiger partial charge is 0.323 e. The molecule has 2 heterocycles. The van der Waals surface area contributed by atoms with Crippen LogP contribution in [0.2, 0.25) is 0 Å². The van der Waals surface area contributed by atoms with E-state index in [0.29, 0.717) is 12.6 Å². The number of nitrogens with zero attached hydrogens (tertiary/aromatic N) is 6. The molecule has 8 nitrogen and oxygen atoms in total. The van der Waals surface area contributed by atoms with E-state index in [1.54, 1.807) is 23.3 Å². The van der Waals surface area contributed by atoms with E-state index in [-0.39, 0.29) is 12.0 Å². The fourth-order valence-corrected chi connectivity index (χ4v) is 1.24. The largest absolute Gasteiger partial charge is 0.462 e. The summed E-state index contributed by atoms with van der Waals surface area (Å²) in [5.41, 5.74) is 5.61. The molecule has 2 N–H and O–H groups in total. The second kappa shape index (κ2) is 5.41. The molecule has 0 radical (unpaired) electrons. The molecule has 0 aliphatic carbocycles. The molecule has 0 aliphatic heterocycles. The van der Waals surface area contributed by atoms with Gasteiger partial charge in [0.25, 0.3) is 0 Å². The Morgan fingerprint density at radius 1 is 1.33 bits per heavy atom. The normalized spacial score (nSPS) is 10.8. The molecule has 2 aromatic rings. The predicted octanol–water partition coefficient (Wildman–Crippen LogP) is -0.420. The maximum atomic E-state index is 5.61. The summed E-state index contributed by atoms with van der Waals surface area (Å²) in [6.07, 6.45) is 4.93. The quantitative estimate of drug-likeness (QED) is 0.768. The van der Waals surface area contributed by atoms with Gasteiger partial charge in [0.15, 0.2) is 0 Å². The van der Waals surface area contributed by atoms with Gasteiger partial charge < -0.3 is 15.4 Å². The predicted molar refractivity (Wildman–Crippen MR) is 65.4 cm³/mol. The molecule has 0 aliphatic rings. The number of ether oxygens (including phenoxy) is 1. The summed E-state index contributed by atoms with van der Waals surface area (Å²) >= 11 is 0. The zero-order valence-corrected chi connectivity index (χ0v) is 10.3. The minimum Gasteiger partial charge on any atom is -0.462 e. The van der Waals surface area contributed by atoms with Gasteiger partial charge in [0.1, 0.15) is 12.9 Å². The van der Waals surface area contributed by atoms with Gasteiger partial charge in [-0.2, -0.15) is 15.0 Å². The molecule has 0 fully saturated rings. The van der Waals surface area contributed by atoms with Crippen LogP contribution in [-0.4, -0.2) is 56.6 Å². The summed E-state index contributed by atoms with van der Waals surface area (Å²) < 4.78 is 7.05. The average Bonchev–Trinajstić information content (AvgIpc) is 2.81. The molecule has 0 unspecified atom stereocenters. The van der Waals surface area contributed by atoms with Crippen molar-refractivity contribution in [3.05, 3.63) is 18.7 Å². The molecular weight excluding hydrogens is 234 g/mol. The fraction of sp³-hybridized carbons (Fsp3) is 0.400. The van der Waals surface area contributed by atoms with Crippen molar-refractivity contribution < 1.29 is 4.74 Å². The lowest BCUT2D eigenvalue weighted by Crippen LogP contribution is -2.20. The van der Waals surface area contributed by atoms with E-state index in [4.69, 9.17) is 10.5 Å². The van der Waals surface area contributed by atoms with Gasteiger partial charge in [-0.05, 0) is 14.1 Å². The van der Waals surface area contributed by atoms with Crippen molar-refractivity contribution >= 4 is 5.95 Å². The van der Waals surface area contributed by atoms with Crippen molar-refractivity contribution in [1.29, 1.82) is 0 Å². The van der Waals surface area contributed by atoms with E-state index < -0.39 is 0 Å². The maximum Gasteiger partial charge on any atom is 0.323 e. The Morgan fingerprint density at radius 3 is 2.83 bits per heavy atom. The minimum atomic E-state index is 0.119. The van der Waals surface area contributed by atoms with Crippen molar-refractivity contribution in [2.24, 2.45) is 0 Å². The summed E-state index contributed by atoms with van der Waals surface area (Å²) in [5.74, 6) is 0.508. The Balaban J connectivity index is 2.12. The first-order valence-electron chi connectivity index (χ1n) is 5.42. The molecule has 8 heteroatoms. The van der Waals surface area contributed by atoms with E-state index in [1.807, 2.05) is 19.0 Å². The van der Waals surface area contributed by atoms with E-state index in [1.165, 1.54) is 0 Å². The highest BCUT2D eigenvalue weighted by molar-refractivity contribution is 5.24. The molecule has 0 aromatic carbocycles. The Morgan fingerprint density at radius 2 is 2.17 bits per heavy atom. The van der Waals surface area contributed by atoms with Crippen LogP contribution in [0.1, 0.15) is 0 Å². The first-order valence-corrected chi connectivity index (χ1v) is 5.42. The number of nitrogen functional groups attached to an aromatic ring is 1. The summed E-state index contributed by atoms with van der Waals surface area (Å²) in [6, 6.07) is 0.216. The molecular formula is C10H15N7O. The van der Waals surface area contributed by atoms with Crippen LogP contribution in [0, 0.1) is 0 Å². The molecule has 0 amide bonds. The number of rotatable bonds is 5. The summed E-state index contributed by atoms with van der Waals surface area (Å²) in [6.45, 7) is 1.26. The monoisotopic (exact) mass is 249 g/mol. The van der Waals surface area contributed by atoms with Gasteiger partial charge in [-0.3, -0.25) is 4.57 Å². The molecule has 0 saturated carbocycles. The minimum absolute atomic E-state index is 0.119. The third kappa shape index (κ3) is 3.14. The highest BCUT2D eigenvalue weighted by Gasteiger charge is 2.07. The van der Waals surface area contributed by atoms with Crippen LogP contribution in [0.15, 0.2) is 18.7 Å². The molecule has 0 atom stereocenters. The summed E-state index contributed by atoms with van der Waals surface area (Å²) in [4.78, 5) is 18.0. The van der Waals surface area contributed by atoms with E-state index >= 15 is 0 Å². The molecule has 0 spiro atoms. The van der Waals surface area contributed by atoms with Crippen molar-refractivity contribution in [3.63, 3.8) is 0 Å². The van der Waals surface area contributed by atoms with Gasteiger partial charge in [-0.15, -0.1) is 0 Å². The third-order valence-electron chi connectivity index (χ3n) is 2.13. The number of nitrogens with two attached hydrogens (primary N) is 1. The van der Waals surface area contributed by atoms with Crippen molar-refractivity contribution in [3.8, 4) is 12.0 Å². The third-order valence-corrected chi connectivity index (χ3v) is 2.13. The van der Waals surface area contributed by atoms with Crippen LogP contribution in [0.25, 0.3) is 5.95 Å². The van der Waals surface area contributed by atoms with Crippen molar-refractivity contribution in [2.75, 3.05) is 33.0 Å². The lowest BCUT2D eigenvalue weighted by atomic mass is 10.6. The van der Waals surface area contributed by atoms with Gasteiger partial charge in [0.2, 0.25) is 11.9 Å². The van der Waals surface area contributed by atoms with E-state index in [0.717, 1.165) is 6.54 Å². The van der Waals surface area contributed by atoms with Crippen LogP contribution in [0.4, 0.5) is 5.95 Å². The lowest BCUT2D eigenvalue weighted by molar-refractivity contribution is 0.245. The first-order chi connectivity index (χ1) is 8.65. The second-order valence-corrected chi connectivity index (χ2v) is 3.90. The Bertz CT molecular complexity index is 497. The zero-order chi connectivity index (χ0) is 13.0. The first kappa shape index (κ1) is 12.2. The van der Waals surface area contributed by atoms with Gasteiger partial charge >= 0.3 is 6.01 Å². The number of anilines is 1. The van der Waals surface area contributed by atoms with Crippen molar-refractivity contribution in [1.82, 2.24) is 29.4 Å². The Labute approximate surface area is 104 Å². The Hall–Kier alpha value is -2.22. The van der Waals surface area contributed by atoms with Gasteiger partial charge in [-0.1, -0.05) is 0 Å².